The summed E-state index contributed by atoms with van der Waals surface area (Å²) < 4.78 is 23.1. The number of hydrogen-bond donors (Lipinski definition) is 3. The van der Waals surface area contributed by atoms with E-state index in [4.69, 9.17) is 24.0 Å². The van der Waals surface area contributed by atoms with E-state index in [1.165, 1.54) is 12.5 Å². The minimum Gasteiger partial charge on any atom is -0.457 e. The molecule has 4 N–H and O–H groups in total. The fourth-order valence-electron chi connectivity index (χ4n) is 6.48. The Morgan fingerprint density at radius 2 is 1.18 bits per heavy atom. The summed E-state index contributed by atoms with van der Waals surface area (Å²) in [6.45, 7) is 9.80. The molecule has 2 unspecified atom stereocenters. The molecule has 3 heterocycles. The summed E-state index contributed by atoms with van der Waals surface area (Å²) in [4.78, 5) is 35.3. The van der Waals surface area contributed by atoms with E-state index in [-0.39, 0.29) is 23.2 Å². The number of allylic oxidation sites excluding steroid dienone is 9. The van der Waals surface area contributed by atoms with Gasteiger partial charge in [-0.3, -0.25) is 0 Å². The number of aliphatic hydroxyl groups is 2. The number of hydrogen-bond acceptors (Lipinski definition) is 11. The zero-order valence-electron chi connectivity index (χ0n) is 33.1. The third-order valence-corrected chi connectivity index (χ3v) is 10.8. The van der Waals surface area contributed by atoms with Crippen LogP contribution in [0.1, 0.15) is 99.5 Å². The van der Waals surface area contributed by atoms with Gasteiger partial charge >= 0.3 is 11.9 Å². The van der Waals surface area contributed by atoms with E-state index in [1.54, 1.807) is 30.4 Å². The van der Waals surface area contributed by atoms with E-state index in [9.17, 15) is 19.8 Å². The van der Waals surface area contributed by atoms with E-state index >= 15 is 0 Å². The molecule has 1 aliphatic heterocycles. The van der Waals surface area contributed by atoms with Crippen molar-refractivity contribution in [2.75, 3.05) is 6.54 Å². The summed E-state index contributed by atoms with van der Waals surface area (Å²) in [5, 5.41) is 22.0. The van der Waals surface area contributed by atoms with Gasteiger partial charge in [-0.25, -0.2) is 19.6 Å². The first-order valence-corrected chi connectivity index (χ1v) is 19.5. The minimum atomic E-state index is -0.882. The Kier molecular flexibility index (Phi) is 14.6. The highest BCUT2D eigenvalue weighted by Crippen LogP contribution is 2.42. The first-order chi connectivity index (χ1) is 26.8. The summed E-state index contributed by atoms with van der Waals surface area (Å²) in [5.41, 5.74) is 4.12. The second-order valence-corrected chi connectivity index (χ2v) is 15.9. The molecular weight excluding hydrogens is 711 g/mol. The Labute approximate surface area is 330 Å². The Hall–Kier alpha value is -4.84. The highest BCUT2D eigenvalue weighted by Gasteiger charge is 2.40. The number of carbonyl (C=O) groups excluding carboxylic acids is 2. The van der Waals surface area contributed by atoms with Crippen LogP contribution in [0.2, 0.25) is 0 Å². The first-order valence-electron chi connectivity index (χ1n) is 19.5. The van der Waals surface area contributed by atoms with E-state index in [0.29, 0.717) is 49.5 Å². The number of nitrogens with zero attached hydrogens (tertiary/aromatic N) is 2. The lowest BCUT2D eigenvalue weighted by atomic mass is 9.78. The molecule has 11 nitrogen and oxygen atoms in total. The van der Waals surface area contributed by atoms with Crippen LogP contribution in [-0.2, 0) is 9.47 Å². The minimum absolute atomic E-state index is 0.0467. The lowest BCUT2D eigenvalue weighted by Gasteiger charge is -2.36. The Morgan fingerprint density at radius 1 is 0.732 bits per heavy atom. The lowest BCUT2D eigenvalue weighted by Crippen LogP contribution is -2.42. The normalized spacial score (nSPS) is 29.9. The predicted molar refractivity (Wildman–Crippen MR) is 216 cm³/mol. The Balaban J connectivity index is 1.35. The van der Waals surface area contributed by atoms with Crippen LogP contribution in [0.25, 0.3) is 12.2 Å². The molecule has 300 valence electrons. The molecule has 11 heteroatoms. The summed E-state index contributed by atoms with van der Waals surface area (Å²) in [5.74, 6) is 0.605. The Morgan fingerprint density at radius 3 is 1.62 bits per heavy atom. The van der Waals surface area contributed by atoms with Gasteiger partial charge in [-0.2, -0.15) is 0 Å². The van der Waals surface area contributed by atoms with Gasteiger partial charge in [0.05, 0.1) is 12.2 Å². The van der Waals surface area contributed by atoms with Crippen molar-refractivity contribution in [2.24, 2.45) is 40.2 Å². The van der Waals surface area contributed by atoms with Crippen LogP contribution in [0.4, 0.5) is 0 Å². The van der Waals surface area contributed by atoms with Gasteiger partial charge in [0.15, 0.2) is 11.4 Å². The average Bonchev–Trinajstić information content (AvgIpc) is 3.96. The monoisotopic (exact) mass is 767 g/mol. The van der Waals surface area contributed by atoms with Gasteiger partial charge in [-0.15, -0.1) is 0 Å². The van der Waals surface area contributed by atoms with Crippen LogP contribution >= 0.6 is 0 Å². The number of esters is 2. The van der Waals surface area contributed by atoms with Gasteiger partial charge in [-0.1, -0.05) is 113 Å². The maximum atomic E-state index is 13.3. The molecule has 0 radical (unpaired) electrons. The Bertz CT molecular complexity index is 1870. The number of ether oxygens (including phenoxy) is 2. The summed E-state index contributed by atoms with van der Waals surface area (Å²) in [6.07, 6.45) is 33.2. The molecule has 5 rings (SSSR count). The molecule has 8 atom stereocenters. The van der Waals surface area contributed by atoms with Crippen molar-refractivity contribution in [3.05, 3.63) is 121 Å². The number of rotatable bonds is 8. The van der Waals surface area contributed by atoms with Crippen molar-refractivity contribution in [1.29, 1.82) is 0 Å². The van der Waals surface area contributed by atoms with Gasteiger partial charge < -0.3 is 34.3 Å². The van der Waals surface area contributed by atoms with Crippen LogP contribution in [0, 0.1) is 34.5 Å². The third-order valence-electron chi connectivity index (χ3n) is 10.8. The topological polar surface area (TPSA) is 171 Å². The summed E-state index contributed by atoms with van der Waals surface area (Å²) in [7, 11) is 0. The van der Waals surface area contributed by atoms with Crippen LogP contribution in [-0.4, -0.2) is 63.1 Å². The summed E-state index contributed by atoms with van der Waals surface area (Å²) >= 11 is 0. The SMILES string of the molecule is C/C=C/[C@H](O)C(C)(C)[C@@H]1C/C=C\C2CC2/C=C/C=C\c2nc(co2)C(=O)O[C@H](C(C)(C)[C@@H](O)/C=C/CCN)C/C=C\[C@H]2C[C@H]2/C=C/C=C\c2nc(co2)C(=O)O1. The van der Waals surface area contributed by atoms with Gasteiger partial charge in [0, 0.05) is 35.8 Å². The number of carbonyl (C=O) groups is 2. The number of cyclic esters (lactones) is 2. The number of oxazole rings is 2. The van der Waals surface area contributed by atoms with Crippen molar-refractivity contribution in [2.45, 2.75) is 91.1 Å². The lowest BCUT2D eigenvalue weighted by molar-refractivity contribution is -0.0462. The predicted octanol–water partition coefficient (Wildman–Crippen LogP) is 7.99. The van der Waals surface area contributed by atoms with Crippen molar-refractivity contribution >= 4 is 24.1 Å². The highest BCUT2D eigenvalue weighted by molar-refractivity contribution is 5.87. The van der Waals surface area contributed by atoms with E-state index in [1.807, 2.05) is 77.2 Å². The molecule has 2 saturated carbocycles. The number of fused-ring (bicyclic) bond motifs is 6. The molecule has 3 aliphatic rings. The largest absolute Gasteiger partial charge is 0.457 e. The van der Waals surface area contributed by atoms with Crippen LogP contribution < -0.4 is 5.73 Å². The van der Waals surface area contributed by atoms with Crippen molar-refractivity contribution in [3.63, 3.8) is 0 Å². The van der Waals surface area contributed by atoms with Gasteiger partial charge in [0.25, 0.3) is 0 Å². The standard InChI is InChI=1S/C45H57N3O8/c1-6-15-36(49)44(2,3)38-21-13-18-32-26-30(32)16-7-10-24-41-48-35(29-54-41)43(52)56-39(45(4,5)37(50)20-11-12-25-46)22-14-19-33-27-31(33)17-8-9-23-40-47-34(28-53-40)42(51)55-38/h6-11,13-20,23-24,28-33,36-39,49-50H,12,21-22,25-27,46H2,1-5H3/b15-6+,16-7+,17-8+,18-13-,19-14-,20-11+,23-9-,24-10-/t30?,31-,32?,33+,36+,37+,38+,39+/m1/s1. The second-order valence-electron chi connectivity index (χ2n) is 15.9. The average molecular weight is 768 g/mol. The quantitative estimate of drug-likeness (QED) is 0.176. The van der Waals surface area contributed by atoms with Crippen LogP contribution in [0.5, 0.6) is 0 Å². The zero-order valence-corrected chi connectivity index (χ0v) is 33.1. The summed E-state index contributed by atoms with van der Waals surface area (Å²) in [6, 6.07) is 0. The van der Waals surface area contributed by atoms with Gasteiger partial charge in [0.1, 0.15) is 24.7 Å². The number of aromatic nitrogens is 2. The van der Waals surface area contributed by atoms with Crippen LogP contribution in [0.15, 0.2) is 106 Å². The fourth-order valence-corrected chi connectivity index (χ4v) is 6.48. The molecular formula is C45H57N3O8. The smallest absolute Gasteiger partial charge is 0.360 e. The molecule has 2 aromatic rings. The fraction of sp³-hybridized carbons (Fsp3) is 0.467. The van der Waals surface area contributed by atoms with E-state index in [0.717, 1.165) is 12.8 Å². The molecule has 0 amide bonds. The van der Waals surface area contributed by atoms with E-state index in [2.05, 4.69) is 34.3 Å². The molecule has 56 heavy (non-hydrogen) atoms. The highest BCUT2D eigenvalue weighted by atomic mass is 16.6. The van der Waals surface area contributed by atoms with Gasteiger partial charge in [0.2, 0.25) is 11.8 Å². The molecule has 2 fully saturated rings. The maximum absolute atomic E-state index is 13.3. The molecule has 0 aromatic carbocycles. The molecule has 0 saturated heterocycles. The van der Waals surface area contributed by atoms with Gasteiger partial charge in [-0.05, 0) is 56.4 Å². The van der Waals surface area contributed by atoms with Crippen molar-refractivity contribution in [3.8, 4) is 0 Å². The third kappa shape index (κ3) is 11.6. The second kappa shape index (κ2) is 19.3. The van der Waals surface area contributed by atoms with Crippen molar-refractivity contribution in [1.82, 2.24) is 9.97 Å². The zero-order chi connectivity index (χ0) is 40.3. The van der Waals surface area contributed by atoms with Crippen molar-refractivity contribution < 1.29 is 38.1 Å². The number of nitrogens with two attached hydrogens (primary N) is 1. The number of aliphatic hydroxyl groups excluding tert-OH is 2. The maximum Gasteiger partial charge on any atom is 0.360 e. The van der Waals surface area contributed by atoms with E-state index < -0.39 is 47.2 Å². The molecule has 0 spiro atoms. The molecule has 2 aliphatic carbocycles. The molecule has 2 aromatic heterocycles. The molecule has 4 bridgehead atoms. The van der Waals surface area contributed by atoms with Crippen LogP contribution in [0.3, 0.4) is 0 Å². The first kappa shape index (κ1) is 42.3.